The lowest BCUT2D eigenvalue weighted by molar-refractivity contribution is 0.324. The third-order valence-corrected chi connectivity index (χ3v) is 3.98. The van der Waals surface area contributed by atoms with Gasteiger partial charge in [-0.25, -0.2) is 0 Å². The van der Waals surface area contributed by atoms with E-state index in [1.807, 2.05) is 12.1 Å². The number of hydrogen-bond donors (Lipinski definition) is 1. The maximum Gasteiger partial charge on any atom is 0.203 e. The number of nitrogens with zero attached hydrogens (tertiary/aromatic N) is 1. The maximum absolute atomic E-state index is 5.43. The number of rotatable bonds is 7. The number of anilines is 1. The smallest absolute Gasteiger partial charge is 0.203 e. The predicted octanol–water partition coefficient (Wildman–Crippen LogP) is 2.15. The first-order valence-electron chi connectivity index (χ1n) is 7.49. The zero-order valence-electron chi connectivity index (χ0n) is 13.4. The SMILES string of the molecule is CCNCC1CCN(c2cc(OC)c(OC)c(OC)c2)C1. The van der Waals surface area contributed by atoms with Crippen molar-refractivity contribution in [3.63, 3.8) is 0 Å². The second-order valence-corrected chi connectivity index (χ2v) is 5.29. The summed E-state index contributed by atoms with van der Waals surface area (Å²) in [6, 6.07) is 4.05. The standard InChI is InChI=1S/C16H26N2O3/c1-5-17-10-12-6-7-18(11-12)13-8-14(19-2)16(21-4)15(9-13)20-3/h8-9,12,17H,5-7,10-11H2,1-4H3. The number of ether oxygens (including phenoxy) is 3. The summed E-state index contributed by atoms with van der Waals surface area (Å²) in [6.07, 6.45) is 1.21. The van der Waals surface area contributed by atoms with Gasteiger partial charge in [0.05, 0.1) is 21.3 Å². The molecule has 0 amide bonds. The Morgan fingerprint density at radius 3 is 2.33 bits per heavy atom. The molecule has 0 radical (unpaired) electrons. The lowest BCUT2D eigenvalue weighted by Crippen LogP contribution is -2.26. The first-order valence-corrected chi connectivity index (χ1v) is 7.49. The van der Waals surface area contributed by atoms with Crippen molar-refractivity contribution in [3.8, 4) is 17.2 Å². The minimum absolute atomic E-state index is 0.646. The molecule has 118 valence electrons. The molecule has 0 bridgehead atoms. The fourth-order valence-electron chi connectivity index (χ4n) is 2.83. The van der Waals surface area contributed by atoms with Crippen molar-refractivity contribution < 1.29 is 14.2 Å². The molecule has 1 atom stereocenters. The fraction of sp³-hybridized carbons (Fsp3) is 0.625. The van der Waals surface area contributed by atoms with Gasteiger partial charge in [-0.2, -0.15) is 0 Å². The highest BCUT2D eigenvalue weighted by molar-refractivity contribution is 5.64. The van der Waals surface area contributed by atoms with Crippen LogP contribution in [-0.2, 0) is 0 Å². The molecule has 1 aromatic rings. The summed E-state index contributed by atoms with van der Waals surface area (Å²) in [6.45, 7) is 6.38. The van der Waals surface area contributed by atoms with Gasteiger partial charge in [0.25, 0.3) is 0 Å². The normalized spacial score (nSPS) is 17.9. The summed E-state index contributed by atoms with van der Waals surface area (Å²) < 4.78 is 16.2. The van der Waals surface area contributed by atoms with Gasteiger partial charge in [-0.15, -0.1) is 0 Å². The van der Waals surface area contributed by atoms with Gasteiger partial charge in [0, 0.05) is 30.9 Å². The van der Waals surface area contributed by atoms with Crippen molar-refractivity contribution in [2.45, 2.75) is 13.3 Å². The number of hydrogen-bond acceptors (Lipinski definition) is 5. The number of benzene rings is 1. The van der Waals surface area contributed by atoms with Crippen LogP contribution in [0, 0.1) is 5.92 Å². The molecule has 1 saturated heterocycles. The van der Waals surface area contributed by atoms with E-state index in [4.69, 9.17) is 14.2 Å². The Morgan fingerprint density at radius 2 is 1.81 bits per heavy atom. The molecule has 0 aliphatic carbocycles. The third kappa shape index (κ3) is 3.53. The lowest BCUT2D eigenvalue weighted by Gasteiger charge is -2.22. The zero-order valence-corrected chi connectivity index (χ0v) is 13.4. The van der Waals surface area contributed by atoms with Crippen molar-refractivity contribution in [3.05, 3.63) is 12.1 Å². The summed E-state index contributed by atoms with van der Waals surface area (Å²) in [5.41, 5.74) is 1.13. The Balaban J connectivity index is 2.17. The van der Waals surface area contributed by atoms with Crippen LogP contribution in [0.4, 0.5) is 5.69 Å². The number of nitrogens with one attached hydrogen (secondary N) is 1. The first kappa shape index (κ1) is 15.8. The van der Waals surface area contributed by atoms with E-state index < -0.39 is 0 Å². The van der Waals surface area contributed by atoms with Gasteiger partial charge in [0.2, 0.25) is 5.75 Å². The molecule has 1 aliphatic rings. The second kappa shape index (κ2) is 7.41. The van der Waals surface area contributed by atoms with E-state index in [2.05, 4.69) is 17.1 Å². The van der Waals surface area contributed by atoms with Crippen LogP contribution in [0.25, 0.3) is 0 Å². The average Bonchev–Trinajstić information content (AvgIpc) is 3.00. The molecule has 1 aromatic carbocycles. The molecule has 0 saturated carbocycles. The van der Waals surface area contributed by atoms with Crippen LogP contribution in [0.15, 0.2) is 12.1 Å². The van der Waals surface area contributed by atoms with E-state index in [-0.39, 0.29) is 0 Å². The number of methoxy groups -OCH3 is 3. The predicted molar refractivity (Wildman–Crippen MR) is 85.0 cm³/mol. The van der Waals surface area contributed by atoms with Crippen LogP contribution in [0.1, 0.15) is 13.3 Å². The van der Waals surface area contributed by atoms with Gasteiger partial charge in [-0.1, -0.05) is 6.92 Å². The molecule has 0 aromatic heterocycles. The van der Waals surface area contributed by atoms with Crippen LogP contribution in [-0.4, -0.2) is 47.5 Å². The van der Waals surface area contributed by atoms with Crippen LogP contribution < -0.4 is 24.4 Å². The van der Waals surface area contributed by atoms with Crippen molar-refractivity contribution in [1.82, 2.24) is 5.32 Å². The molecular weight excluding hydrogens is 268 g/mol. The fourth-order valence-corrected chi connectivity index (χ4v) is 2.83. The minimum Gasteiger partial charge on any atom is -0.493 e. The molecule has 1 heterocycles. The van der Waals surface area contributed by atoms with Crippen LogP contribution in [0.5, 0.6) is 17.2 Å². The van der Waals surface area contributed by atoms with Crippen molar-refractivity contribution >= 4 is 5.69 Å². The highest BCUT2D eigenvalue weighted by Gasteiger charge is 2.24. The van der Waals surface area contributed by atoms with Gasteiger partial charge < -0.3 is 24.4 Å². The topological polar surface area (TPSA) is 43.0 Å². The largest absolute Gasteiger partial charge is 0.493 e. The van der Waals surface area contributed by atoms with Gasteiger partial charge in [0.1, 0.15) is 0 Å². The molecule has 2 rings (SSSR count). The highest BCUT2D eigenvalue weighted by Crippen LogP contribution is 2.41. The van der Waals surface area contributed by atoms with E-state index in [9.17, 15) is 0 Å². The van der Waals surface area contributed by atoms with E-state index in [0.717, 1.165) is 31.9 Å². The third-order valence-electron chi connectivity index (χ3n) is 3.98. The molecule has 1 unspecified atom stereocenters. The van der Waals surface area contributed by atoms with Gasteiger partial charge in [0.15, 0.2) is 11.5 Å². The van der Waals surface area contributed by atoms with Crippen LogP contribution >= 0.6 is 0 Å². The molecular formula is C16H26N2O3. The highest BCUT2D eigenvalue weighted by atomic mass is 16.5. The van der Waals surface area contributed by atoms with Gasteiger partial charge in [-0.3, -0.25) is 0 Å². The molecule has 1 N–H and O–H groups in total. The zero-order chi connectivity index (χ0) is 15.2. The maximum atomic E-state index is 5.43. The summed E-state index contributed by atoms with van der Waals surface area (Å²) in [5.74, 6) is 2.76. The Kier molecular flexibility index (Phi) is 5.56. The lowest BCUT2D eigenvalue weighted by atomic mass is 10.1. The summed E-state index contributed by atoms with van der Waals surface area (Å²) in [4.78, 5) is 2.38. The quantitative estimate of drug-likeness (QED) is 0.834. The Labute approximate surface area is 127 Å². The van der Waals surface area contributed by atoms with Gasteiger partial charge in [-0.05, 0) is 25.4 Å². The first-order chi connectivity index (χ1) is 10.2. The van der Waals surface area contributed by atoms with Gasteiger partial charge >= 0.3 is 0 Å². The van der Waals surface area contributed by atoms with E-state index in [1.54, 1.807) is 21.3 Å². The molecule has 21 heavy (non-hydrogen) atoms. The van der Waals surface area contributed by atoms with Crippen molar-refractivity contribution in [2.24, 2.45) is 5.92 Å². The Hall–Kier alpha value is -1.62. The molecule has 1 aliphatic heterocycles. The summed E-state index contributed by atoms with van der Waals surface area (Å²) in [7, 11) is 4.93. The van der Waals surface area contributed by atoms with Crippen LogP contribution in [0.2, 0.25) is 0 Å². The van der Waals surface area contributed by atoms with Crippen LogP contribution in [0.3, 0.4) is 0 Å². The monoisotopic (exact) mass is 294 g/mol. The summed E-state index contributed by atoms with van der Waals surface area (Å²) in [5, 5.41) is 3.43. The summed E-state index contributed by atoms with van der Waals surface area (Å²) >= 11 is 0. The van der Waals surface area contributed by atoms with E-state index >= 15 is 0 Å². The molecule has 5 heteroatoms. The Bertz CT molecular complexity index is 440. The molecule has 1 fully saturated rings. The molecule has 0 spiro atoms. The van der Waals surface area contributed by atoms with E-state index in [0.29, 0.717) is 23.2 Å². The second-order valence-electron chi connectivity index (χ2n) is 5.29. The van der Waals surface area contributed by atoms with Crippen molar-refractivity contribution in [1.29, 1.82) is 0 Å². The molecule has 5 nitrogen and oxygen atoms in total. The minimum atomic E-state index is 0.646. The van der Waals surface area contributed by atoms with E-state index in [1.165, 1.54) is 6.42 Å². The Morgan fingerprint density at radius 1 is 1.14 bits per heavy atom. The van der Waals surface area contributed by atoms with Crippen molar-refractivity contribution in [2.75, 3.05) is 52.4 Å². The average molecular weight is 294 g/mol.